The van der Waals surface area contributed by atoms with E-state index in [0.29, 0.717) is 5.92 Å². The van der Waals surface area contributed by atoms with Crippen LogP contribution in [0.5, 0.6) is 0 Å². The maximum atomic E-state index is 10.8. The summed E-state index contributed by atoms with van der Waals surface area (Å²) in [6.07, 6.45) is 0.543. The number of nitrogens with zero attached hydrogens (tertiary/aromatic N) is 1. The first-order valence-corrected chi connectivity index (χ1v) is 9.32. The number of likely N-dealkylation sites (tertiary alicyclic amines) is 1. The number of aliphatic hydroxyl groups excluding tert-OH is 2. The standard InChI is InChI=1S/C22H29NO2/c1-16-12-14-23(15-13-16)22(25)21(24)17(2)19-10-6-7-11-20(19)18-8-4-3-5-9-18/h3-11,16-17,21-22,24-25H,12-15H2,1-2H3. The van der Waals surface area contributed by atoms with Crippen LogP contribution in [0.1, 0.15) is 38.2 Å². The number of hydrogen-bond donors (Lipinski definition) is 2. The molecular formula is C22H29NO2. The number of benzene rings is 2. The zero-order chi connectivity index (χ0) is 17.8. The molecule has 0 radical (unpaired) electrons. The fourth-order valence-electron chi connectivity index (χ4n) is 3.73. The fraction of sp³-hybridized carbons (Fsp3) is 0.455. The van der Waals surface area contributed by atoms with Crippen molar-refractivity contribution in [2.24, 2.45) is 5.92 Å². The van der Waals surface area contributed by atoms with Crippen molar-refractivity contribution in [1.29, 1.82) is 0 Å². The minimum atomic E-state index is -0.814. The zero-order valence-corrected chi connectivity index (χ0v) is 15.2. The summed E-state index contributed by atoms with van der Waals surface area (Å²) in [6, 6.07) is 18.4. The highest BCUT2D eigenvalue weighted by molar-refractivity contribution is 5.68. The number of piperidine rings is 1. The Bertz CT molecular complexity index is 665. The van der Waals surface area contributed by atoms with Crippen LogP contribution in [0.15, 0.2) is 54.6 Å². The lowest BCUT2D eigenvalue weighted by atomic mass is 9.87. The molecule has 3 rings (SSSR count). The summed E-state index contributed by atoms with van der Waals surface area (Å²) >= 11 is 0. The Morgan fingerprint density at radius 1 is 0.920 bits per heavy atom. The van der Waals surface area contributed by atoms with Crippen molar-refractivity contribution in [2.45, 2.75) is 44.9 Å². The molecule has 1 aliphatic rings. The van der Waals surface area contributed by atoms with E-state index in [9.17, 15) is 10.2 Å². The first-order valence-electron chi connectivity index (χ1n) is 9.32. The van der Waals surface area contributed by atoms with E-state index in [2.05, 4.69) is 31.2 Å². The molecule has 3 atom stereocenters. The third-order valence-corrected chi connectivity index (χ3v) is 5.55. The van der Waals surface area contributed by atoms with E-state index >= 15 is 0 Å². The van der Waals surface area contributed by atoms with Crippen LogP contribution in [0.25, 0.3) is 11.1 Å². The van der Waals surface area contributed by atoms with Gasteiger partial charge in [-0.1, -0.05) is 68.4 Å². The quantitative estimate of drug-likeness (QED) is 0.869. The van der Waals surface area contributed by atoms with Crippen molar-refractivity contribution in [3.05, 3.63) is 60.2 Å². The lowest BCUT2D eigenvalue weighted by Crippen LogP contribution is -2.48. The molecule has 0 aromatic heterocycles. The van der Waals surface area contributed by atoms with Crippen molar-refractivity contribution < 1.29 is 10.2 Å². The molecule has 2 aromatic rings. The highest BCUT2D eigenvalue weighted by Gasteiger charge is 2.31. The minimum Gasteiger partial charge on any atom is -0.388 e. The van der Waals surface area contributed by atoms with Crippen LogP contribution >= 0.6 is 0 Å². The second-order valence-corrected chi connectivity index (χ2v) is 7.36. The molecule has 3 unspecified atom stereocenters. The predicted octanol–water partition coefficient (Wildman–Crippen LogP) is 3.87. The summed E-state index contributed by atoms with van der Waals surface area (Å²) in [5.74, 6) is 0.558. The Labute approximate surface area is 150 Å². The van der Waals surface area contributed by atoms with E-state index in [0.717, 1.165) is 42.6 Å². The normalized spacial score (nSPS) is 20.2. The molecule has 3 nitrogen and oxygen atoms in total. The van der Waals surface area contributed by atoms with Gasteiger partial charge >= 0.3 is 0 Å². The van der Waals surface area contributed by atoms with E-state index < -0.39 is 12.3 Å². The van der Waals surface area contributed by atoms with Crippen LogP contribution in [-0.4, -0.2) is 40.5 Å². The van der Waals surface area contributed by atoms with Crippen molar-refractivity contribution in [3.8, 4) is 11.1 Å². The second-order valence-electron chi connectivity index (χ2n) is 7.36. The zero-order valence-electron chi connectivity index (χ0n) is 15.2. The van der Waals surface area contributed by atoms with Gasteiger partial charge in [0.25, 0.3) is 0 Å². The predicted molar refractivity (Wildman–Crippen MR) is 102 cm³/mol. The van der Waals surface area contributed by atoms with Gasteiger partial charge in [0.05, 0.1) is 0 Å². The van der Waals surface area contributed by atoms with Gasteiger partial charge < -0.3 is 10.2 Å². The van der Waals surface area contributed by atoms with E-state index in [1.165, 1.54) is 0 Å². The van der Waals surface area contributed by atoms with Crippen molar-refractivity contribution >= 4 is 0 Å². The molecule has 0 bridgehead atoms. The summed E-state index contributed by atoms with van der Waals surface area (Å²) in [7, 11) is 0. The lowest BCUT2D eigenvalue weighted by molar-refractivity contribution is -0.1000. The largest absolute Gasteiger partial charge is 0.388 e. The van der Waals surface area contributed by atoms with Gasteiger partial charge in [-0.15, -0.1) is 0 Å². The molecule has 1 saturated heterocycles. The SMILES string of the molecule is CC1CCN(C(O)C(O)C(C)c2ccccc2-c2ccccc2)CC1. The van der Waals surface area contributed by atoms with Gasteiger partial charge in [-0.25, -0.2) is 0 Å². The van der Waals surface area contributed by atoms with E-state index in [4.69, 9.17) is 0 Å². The van der Waals surface area contributed by atoms with Crippen LogP contribution in [-0.2, 0) is 0 Å². The van der Waals surface area contributed by atoms with Crippen molar-refractivity contribution in [3.63, 3.8) is 0 Å². The minimum absolute atomic E-state index is 0.147. The van der Waals surface area contributed by atoms with Gasteiger partial charge in [-0.2, -0.15) is 0 Å². The molecule has 1 fully saturated rings. The molecule has 1 heterocycles. The first-order chi connectivity index (χ1) is 12.1. The molecule has 25 heavy (non-hydrogen) atoms. The maximum Gasteiger partial charge on any atom is 0.134 e. The molecule has 3 heteroatoms. The molecule has 2 aromatic carbocycles. The summed E-state index contributed by atoms with van der Waals surface area (Å²) in [6.45, 7) is 5.96. The monoisotopic (exact) mass is 339 g/mol. The molecule has 1 aliphatic heterocycles. The molecule has 2 N–H and O–H groups in total. The highest BCUT2D eigenvalue weighted by Crippen LogP contribution is 2.32. The van der Waals surface area contributed by atoms with Crippen LogP contribution < -0.4 is 0 Å². The third-order valence-electron chi connectivity index (χ3n) is 5.55. The Morgan fingerprint density at radius 3 is 2.20 bits per heavy atom. The smallest absolute Gasteiger partial charge is 0.134 e. The highest BCUT2D eigenvalue weighted by atomic mass is 16.3. The number of aliphatic hydroxyl groups is 2. The molecule has 134 valence electrons. The molecule has 0 spiro atoms. The maximum absolute atomic E-state index is 10.8. The van der Waals surface area contributed by atoms with Gasteiger partial charge in [-0.3, -0.25) is 4.90 Å². The van der Waals surface area contributed by atoms with Gasteiger partial charge in [0.1, 0.15) is 12.3 Å². The molecular weight excluding hydrogens is 310 g/mol. The lowest BCUT2D eigenvalue weighted by Gasteiger charge is -2.37. The second kappa shape index (κ2) is 8.13. The molecule has 0 saturated carbocycles. The van der Waals surface area contributed by atoms with Gasteiger partial charge in [0.15, 0.2) is 0 Å². The topological polar surface area (TPSA) is 43.7 Å². The van der Waals surface area contributed by atoms with Crippen molar-refractivity contribution in [1.82, 2.24) is 4.90 Å². The summed E-state index contributed by atoms with van der Waals surface area (Å²) < 4.78 is 0. The number of hydrogen-bond acceptors (Lipinski definition) is 3. The summed E-state index contributed by atoms with van der Waals surface area (Å²) in [5.41, 5.74) is 3.33. The van der Waals surface area contributed by atoms with Crippen LogP contribution in [0.4, 0.5) is 0 Å². The Morgan fingerprint density at radius 2 is 1.52 bits per heavy atom. The number of rotatable bonds is 5. The van der Waals surface area contributed by atoms with Crippen molar-refractivity contribution in [2.75, 3.05) is 13.1 Å². The van der Waals surface area contributed by atoms with E-state index in [1.54, 1.807) is 0 Å². The van der Waals surface area contributed by atoms with Crippen LogP contribution in [0, 0.1) is 5.92 Å². The Kier molecular flexibility index (Phi) is 5.89. The van der Waals surface area contributed by atoms with Gasteiger partial charge in [-0.05, 0) is 35.4 Å². The Balaban J connectivity index is 1.80. The summed E-state index contributed by atoms with van der Waals surface area (Å²) in [5, 5.41) is 21.5. The summed E-state index contributed by atoms with van der Waals surface area (Å²) in [4.78, 5) is 2.02. The third kappa shape index (κ3) is 4.12. The van der Waals surface area contributed by atoms with Crippen LogP contribution in [0.3, 0.4) is 0 Å². The molecule has 0 aliphatic carbocycles. The first kappa shape index (κ1) is 18.1. The Hall–Kier alpha value is -1.68. The average Bonchev–Trinajstić information content (AvgIpc) is 2.67. The van der Waals surface area contributed by atoms with E-state index in [1.807, 2.05) is 42.2 Å². The molecule has 0 amide bonds. The van der Waals surface area contributed by atoms with Gasteiger partial charge in [0, 0.05) is 19.0 Å². The van der Waals surface area contributed by atoms with Crippen LogP contribution in [0.2, 0.25) is 0 Å². The fourth-order valence-corrected chi connectivity index (χ4v) is 3.73. The van der Waals surface area contributed by atoms with Gasteiger partial charge in [0.2, 0.25) is 0 Å². The van der Waals surface area contributed by atoms with E-state index in [-0.39, 0.29) is 5.92 Å². The average molecular weight is 339 g/mol.